The van der Waals surface area contributed by atoms with Gasteiger partial charge in [0.15, 0.2) is 0 Å². The van der Waals surface area contributed by atoms with Crippen molar-refractivity contribution < 1.29 is 14.3 Å². The minimum absolute atomic E-state index is 0.133. The van der Waals surface area contributed by atoms with Gasteiger partial charge in [-0.2, -0.15) is 0 Å². The summed E-state index contributed by atoms with van der Waals surface area (Å²) < 4.78 is 11.3. The van der Waals surface area contributed by atoms with Crippen LogP contribution in [0.5, 0.6) is 5.75 Å². The van der Waals surface area contributed by atoms with Crippen molar-refractivity contribution >= 4 is 11.7 Å². The molecule has 0 aliphatic carbocycles. The molecule has 1 aromatic carbocycles. The minimum Gasteiger partial charge on any atom is -0.491 e. The van der Waals surface area contributed by atoms with Gasteiger partial charge in [-0.25, -0.2) is 4.79 Å². The monoisotopic (exact) mass is 359 g/mol. The number of benzene rings is 1. The van der Waals surface area contributed by atoms with Crippen molar-refractivity contribution in [3.05, 3.63) is 24.3 Å². The Morgan fingerprint density at radius 1 is 1.19 bits per heavy atom. The summed E-state index contributed by atoms with van der Waals surface area (Å²) in [5, 5.41) is 5.99. The number of urea groups is 1. The lowest BCUT2D eigenvalue weighted by Gasteiger charge is -2.32. The van der Waals surface area contributed by atoms with Crippen molar-refractivity contribution in [1.29, 1.82) is 0 Å². The van der Waals surface area contributed by atoms with E-state index in [1.807, 2.05) is 24.3 Å². The second kappa shape index (κ2) is 7.84. The average Bonchev–Trinajstić information content (AvgIpc) is 3.36. The maximum absolute atomic E-state index is 12.3. The van der Waals surface area contributed by atoms with Crippen molar-refractivity contribution in [2.75, 3.05) is 38.2 Å². The van der Waals surface area contributed by atoms with Gasteiger partial charge in [0.25, 0.3) is 0 Å². The summed E-state index contributed by atoms with van der Waals surface area (Å²) in [6, 6.07) is 7.39. The number of ether oxygens (including phenoxy) is 2. The first-order valence-corrected chi connectivity index (χ1v) is 9.88. The van der Waals surface area contributed by atoms with Gasteiger partial charge in [-0.15, -0.1) is 0 Å². The quantitative estimate of drug-likeness (QED) is 0.820. The van der Waals surface area contributed by atoms with Gasteiger partial charge in [0.05, 0.1) is 6.10 Å². The van der Waals surface area contributed by atoms with Gasteiger partial charge in [-0.1, -0.05) is 0 Å². The van der Waals surface area contributed by atoms with Gasteiger partial charge in [0, 0.05) is 24.4 Å². The standard InChI is InChI=1S/C20H29N3O3/c24-19(21-15-20-9-2-11-23(20)12-3-10-20)22-16-5-7-17(8-6-16)26-14-18-4-1-13-25-18/h5-8,18H,1-4,9-15H2,(H2,21,22,24)/t18-/m0/s1. The molecule has 1 aromatic rings. The largest absolute Gasteiger partial charge is 0.491 e. The maximum Gasteiger partial charge on any atom is 0.319 e. The Kier molecular flexibility index (Phi) is 5.31. The number of hydrogen-bond acceptors (Lipinski definition) is 4. The second-order valence-electron chi connectivity index (χ2n) is 7.70. The molecule has 3 aliphatic heterocycles. The lowest BCUT2D eigenvalue weighted by molar-refractivity contribution is 0.0679. The fraction of sp³-hybridized carbons (Fsp3) is 0.650. The summed E-state index contributed by atoms with van der Waals surface area (Å²) in [4.78, 5) is 14.8. The molecule has 3 saturated heterocycles. The van der Waals surface area contributed by atoms with E-state index in [2.05, 4.69) is 15.5 Å². The molecule has 3 heterocycles. The number of carbonyl (C=O) groups excluding carboxylic acids is 1. The number of fused-ring (bicyclic) bond motifs is 1. The molecule has 0 saturated carbocycles. The van der Waals surface area contributed by atoms with E-state index in [1.54, 1.807) is 0 Å². The van der Waals surface area contributed by atoms with Crippen molar-refractivity contribution in [3.8, 4) is 5.75 Å². The van der Waals surface area contributed by atoms with E-state index in [9.17, 15) is 4.79 Å². The van der Waals surface area contributed by atoms with Gasteiger partial charge < -0.3 is 20.1 Å². The molecular weight excluding hydrogens is 330 g/mol. The number of anilines is 1. The lowest BCUT2D eigenvalue weighted by Crippen LogP contribution is -2.49. The van der Waals surface area contributed by atoms with E-state index >= 15 is 0 Å². The van der Waals surface area contributed by atoms with Crippen molar-refractivity contribution in [3.63, 3.8) is 0 Å². The van der Waals surface area contributed by atoms with E-state index in [-0.39, 0.29) is 17.7 Å². The molecule has 3 aliphatic rings. The first-order chi connectivity index (χ1) is 12.7. The Hall–Kier alpha value is -1.79. The molecule has 3 fully saturated rings. The highest BCUT2D eigenvalue weighted by Gasteiger charge is 2.44. The third-order valence-corrected chi connectivity index (χ3v) is 5.96. The third-order valence-electron chi connectivity index (χ3n) is 5.96. The zero-order valence-electron chi connectivity index (χ0n) is 15.3. The number of nitrogens with one attached hydrogen (secondary N) is 2. The molecule has 26 heavy (non-hydrogen) atoms. The first kappa shape index (κ1) is 17.6. The van der Waals surface area contributed by atoms with Crippen LogP contribution in [-0.2, 0) is 4.74 Å². The van der Waals surface area contributed by atoms with Crippen molar-refractivity contribution in [2.24, 2.45) is 0 Å². The summed E-state index contributed by atoms with van der Waals surface area (Å²) >= 11 is 0. The predicted octanol–water partition coefficient (Wildman–Crippen LogP) is 2.99. The smallest absolute Gasteiger partial charge is 0.319 e. The van der Waals surface area contributed by atoms with Gasteiger partial charge in [0.2, 0.25) is 0 Å². The van der Waals surface area contributed by atoms with Gasteiger partial charge in [0.1, 0.15) is 12.4 Å². The Labute approximate surface area is 155 Å². The average molecular weight is 359 g/mol. The topological polar surface area (TPSA) is 62.8 Å². The van der Waals surface area contributed by atoms with Crippen molar-refractivity contribution in [1.82, 2.24) is 10.2 Å². The molecule has 6 nitrogen and oxygen atoms in total. The third kappa shape index (κ3) is 3.96. The van der Waals surface area contributed by atoms with Gasteiger partial charge in [-0.05, 0) is 75.9 Å². The van der Waals surface area contributed by atoms with Gasteiger partial charge in [-0.3, -0.25) is 4.90 Å². The highest BCUT2D eigenvalue weighted by molar-refractivity contribution is 5.89. The van der Waals surface area contributed by atoms with E-state index in [0.29, 0.717) is 6.61 Å². The molecule has 142 valence electrons. The van der Waals surface area contributed by atoms with Crippen LogP contribution in [0.25, 0.3) is 0 Å². The first-order valence-electron chi connectivity index (χ1n) is 9.88. The Morgan fingerprint density at radius 3 is 2.65 bits per heavy atom. The number of hydrogen-bond donors (Lipinski definition) is 2. The Balaban J connectivity index is 1.22. The lowest BCUT2D eigenvalue weighted by atomic mass is 9.94. The highest BCUT2D eigenvalue weighted by Crippen LogP contribution is 2.38. The highest BCUT2D eigenvalue weighted by atomic mass is 16.5. The number of rotatable bonds is 6. The molecule has 4 rings (SSSR count). The summed E-state index contributed by atoms with van der Waals surface area (Å²) in [6.45, 7) is 4.52. The van der Waals surface area contributed by atoms with Crippen LogP contribution in [0.2, 0.25) is 0 Å². The van der Waals surface area contributed by atoms with Crippen LogP contribution in [0, 0.1) is 0 Å². The molecule has 0 aromatic heterocycles. The molecule has 0 bridgehead atoms. The maximum atomic E-state index is 12.3. The van der Waals surface area contributed by atoms with Crippen LogP contribution in [0.1, 0.15) is 38.5 Å². The fourth-order valence-electron chi connectivity index (χ4n) is 4.53. The van der Waals surface area contributed by atoms with Crippen LogP contribution in [-0.4, -0.2) is 55.4 Å². The van der Waals surface area contributed by atoms with E-state index in [4.69, 9.17) is 9.47 Å². The molecule has 2 N–H and O–H groups in total. The zero-order valence-corrected chi connectivity index (χ0v) is 15.3. The summed E-state index contributed by atoms with van der Waals surface area (Å²) in [5.41, 5.74) is 0.983. The molecule has 6 heteroatoms. The second-order valence-corrected chi connectivity index (χ2v) is 7.70. The molecule has 0 unspecified atom stereocenters. The normalized spacial score (nSPS) is 24.4. The molecule has 1 atom stereocenters. The molecule has 0 spiro atoms. The summed E-state index contributed by atoms with van der Waals surface area (Å²) in [5.74, 6) is 0.804. The Bertz CT molecular complexity index is 603. The van der Waals surface area contributed by atoms with E-state index in [1.165, 1.54) is 38.8 Å². The predicted molar refractivity (Wildman–Crippen MR) is 101 cm³/mol. The number of amides is 2. The van der Waals surface area contributed by atoms with E-state index < -0.39 is 0 Å². The SMILES string of the molecule is O=C(NCC12CCCN1CCC2)Nc1ccc(OC[C@@H]2CCCO2)cc1. The zero-order chi connectivity index (χ0) is 17.8. The molecule has 0 radical (unpaired) electrons. The fourth-order valence-corrected chi connectivity index (χ4v) is 4.53. The van der Waals surface area contributed by atoms with Crippen LogP contribution in [0.3, 0.4) is 0 Å². The van der Waals surface area contributed by atoms with Crippen LogP contribution >= 0.6 is 0 Å². The van der Waals surface area contributed by atoms with Crippen LogP contribution in [0.15, 0.2) is 24.3 Å². The van der Waals surface area contributed by atoms with E-state index in [0.717, 1.165) is 37.4 Å². The number of carbonyl (C=O) groups is 1. The van der Waals surface area contributed by atoms with Crippen molar-refractivity contribution in [2.45, 2.75) is 50.2 Å². The van der Waals surface area contributed by atoms with Crippen LogP contribution in [0.4, 0.5) is 10.5 Å². The Morgan fingerprint density at radius 2 is 1.96 bits per heavy atom. The van der Waals surface area contributed by atoms with Crippen LogP contribution < -0.4 is 15.4 Å². The number of nitrogens with zero attached hydrogens (tertiary/aromatic N) is 1. The summed E-state index contributed by atoms with van der Waals surface area (Å²) in [7, 11) is 0. The minimum atomic E-state index is -0.133. The molecule has 2 amide bonds. The summed E-state index contributed by atoms with van der Waals surface area (Å²) in [6.07, 6.45) is 7.29. The van der Waals surface area contributed by atoms with Gasteiger partial charge >= 0.3 is 6.03 Å². The molecular formula is C20H29N3O3.